The van der Waals surface area contributed by atoms with Crippen molar-refractivity contribution in [2.45, 2.75) is 52.2 Å². The third-order valence-corrected chi connectivity index (χ3v) is 6.32. The van der Waals surface area contributed by atoms with Crippen LogP contribution in [-0.4, -0.2) is 40.0 Å². The van der Waals surface area contributed by atoms with E-state index >= 15 is 0 Å². The average Bonchev–Trinajstić information content (AvgIpc) is 2.71. The predicted molar refractivity (Wildman–Crippen MR) is 131 cm³/mol. The van der Waals surface area contributed by atoms with Gasteiger partial charge < -0.3 is 9.66 Å². The van der Waals surface area contributed by atoms with Gasteiger partial charge in [0.05, 0.1) is 27.7 Å². The Morgan fingerprint density at radius 2 is 1.88 bits per heavy atom. The van der Waals surface area contributed by atoms with E-state index in [9.17, 15) is 23.5 Å². The van der Waals surface area contributed by atoms with Gasteiger partial charge in [0.1, 0.15) is 5.82 Å². The van der Waals surface area contributed by atoms with Gasteiger partial charge in [-0.2, -0.15) is 0 Å². The number of hydrogen-bond acceptors (Lipinski definition) is 5. The topological polar surface area (TPSA) is 128 Å². The highest BCUT2D eigenvalue weighted by atomic mass is 35.5. The molecule has 0 spiro atoms. The van der Waals surface area contributed by atoms with Crippen LogP contribution < -0.4 is 10.3 Å². The molecule has 3 aromatic rings. The lowest BCUT2D eigenvalue weighted by atomic mass is 10.0. The van der Waals surface area contributed by atoms with Crippen molar-refractivity contribution in [2.75, 3.05) is 0 Å². The zero-order valence-electron chi connectivity index (χ0n) is 19.4. The Bertz CT molecular complexity index is 1320. The highest BCUT2D eigenvalue weighted by molar-refractivity contribution is 7.77. The molecule has 0 aliphatic heterocycles. The number of halogens is 1. The predicted octanol–water partition coefficient (Wildman–Crippen LogP) is 4.32. The molecule has 3 rings (SSSR count). The van der Waals surface area contributed by atoms with Gasteiger partial charge in [0.2, 0.25) is 0 Å². The first-order valence-corrected chi connectivity index (χ1v) is 12.0. The maximum absolute atomic E-state index is 13.7. The lowest BCUT2D eigenvalue weighted by Crippen LogP contribution is -2.47. The third-order valence-electron chi connectivity index (χ3n) is 5.46. The monoisotopic (exact) mass is 505 g/mol. The van der Waals surface area contributed by atoms with Gasteiger partial charge in [-0.1, -0.05) is 29.8 Å². The highest BCUT2D eigenvalue weighted by Gasteiger charge is 2.34. The minimum atomic E-state index is -2.48. The van der Waals surface area contributed by atoms with Crippen LogP contribution in [0.1, 0.15) is 58.1 Å². The molecule has 0 aliphatic rings. The Kier molecular flexibility index (Phi) is 7.47. The summed E-state index contributed by atoms with van der Waals surface area (Å²) in [5.74, 6) is 0.210. The molecular formula is C23H26ClN4O5S-. The van der Waals surface area contributed by atoms with Gasteiger partial charge >= 0.3 is 6.09 Å². The number of amides is 1. The quantitative estimate of drug-likeness (QED) is 0.480. The molecule has 182 valence electrons. The Morgan fingerprint density at radius 1 is 1.24 bits per heavy atom. The number of benzene rings is 2. The van der Waals surface area contributed by atoms with Crippen LogP contribution in [-0.2, 0) is 11.3 Å². The van der Waals surface area contributed by atoms with Crippen molar-refractivity contribution in [3.8, 4) is 5.69 Å². The Morgan fingerprint density at radius 3 is 2.47 bits per heavy atom. The summed E-state index contributed by atoms with van der Waals surface area (Å²) in [6, 6.07) is 10.3. The van der Waals surface area contributed by atoms with Crippen molar-refractivity contribution < 1.29 is 18.7 Å². The lowest BCUT2D eigenvalue weighted by molar-refractivity contribution is 0.0719. The first-order valence-electron chi connectivity index (χ1n) is 10.5. The van der Waals surface area contributed by atoms with Crippen molar-refractivity contribution in [1.82, 2.24) is 19.2 Å². The standard InChI is InChI=1S/C23H27ClN4O5S/c1-13(26-34(32)33)15-8-6-9-16(12-15)27-20(14(2)28(22(30)31)23(3,4)5)25-18-11-7-10-17(24)19(18)21(27)29/h6-14,26H,1-5H3,(H,30,31)(H,32,33)/p-1/t13-,14?/m0/s1. The molecule has 0 radical (unpaired) electrons. The summed E-state index contributed by atoms with van der Waals surface area (Å²) in [5, 5.41) is 10.4. The summed E-state index contributed by atoms with van der Waals surface area (Å²) in [6.07, 6.45) is -1.16. The zero-order valence-corrected chi connectivity index (χ0v) is 21.0. The molecule has 2 N–H and O–H groups in total. The van der Waals surface area contributed by atoms with E-state index in [1.165, 1.54) is 9.47 Å². The van der Waals surface area contributed by atoms with Crippen LogP contribution in [0.3, 0.4) is 0 Å². The summed E-state index contributed by atoms with van der Waals surface area (Å²) in [7, 11) is 0. The van der Waals surface area contributed by atoms with Gasteiger partial charge in [-0.15, -0.1) is 0 Å². The number of carbonyl (C=O) groups is 1. The Balaban J connectivity index is 2.34. The molecule has 1 aromatic heterocycles. The van der Waals surface area contributed by atoms with Crippen LogP contribution in [0, 0.1) is 0 Å². The minimum absolute atomic E-state index is 0.204. The fraction of sp³-hybridized carbons (Fsp3) is 0.348. The number of aromatic nitrogens is 2. The number of nitrogens with zero attached hydrogens (tertiary/aromatic N) is 3. The largest absolute Gasteiger partial charge is 0.760 e. The van der Waals surface area contributed by atoms with Gasteiger partial charge in [-0.05, 0) is 64.4 Å². The molecule has 9 nitrogen and oxygen atoms in total. The second-order valence-electron chi connectivity index (χ2n) is 8.91. The van der Waals surface area contributed by atoms with Crippen LogP contribution in [0.15, 0.2) is 47.3 Å². The van der Waals surface area contributed by atoms with Crippen molar-refractivity contribution >= 4 is 39.9 Å². The van der Waals surface area contributed by atoms with Gasteiger partial charge in [0, 0.05) is 22.8 Å². The first kappa shape index (κ1) is 25.8. The molecule has 0 saturated carbocycles. The summed E-state index contributed by atoms with van der Waals surface area (Å²) in [6.45, 7) is 8.62. The average molecular weight is 506 g/mol. The highest BCUT2D eigenvalue weighted by Crippen LogP contribution is 2.30. The minimum Gasteiger partial charge on any atom is -0.760 e. The molecule has 3 atom stereocenters. The van der Waals surface area contributed by atoms with Gasteiger partial charge in [0.15, 0.2) is 0 Å². The fourth-order valence-electron chi connectivity index (χ4n) is 4.03. The normalized spacial score (nSPS) is 14.6. The van der Waals surface area contributed by atoms with Crippen LogP contribution in [0.4, 0.5) is 4.79 Å². The van der Waals surface area contributed by atoms with Gasteiger partial charge in [-0.3, -0.25) is 18.5 Å². The van der Waals surface area contributed by atoms with E-state index in [2.05, 4.69) is 9.71 Å². The molecule has 11 heteroatoms. The van der Waals surface area contributed by atoms with E-state index in [0.717, 1.165) is 0 Å². The molecule has 0 aliphatic carbocycles. The Labute approximate surface area is 204 Å². The molecule has 0 fully saturated rings. The second-order valence-corrected chi connectivity index (χ2v) is 10.0. The van der Waals surface area contributed by atoms with Crippen molar-refractivity contribution in [2.24, 2.45) is 0 Å². The summed E-state index contributed by atoms with van der Waals surface area (Å²) in [4.78, 5) is 31.8. The molecule has 0 saturated heterocycles. The number of hydrogen-bond donors (Lipinski definition) is 2. The van der Waals surface area contributed by atoms with E-state index in [4.69, 9.17) is 11.6 Å². The molecule has 2 unspecified atom stereocenters. The maximum atomic E-state index is 13.7. The van der Waals surface area contributed by atoms with Crippen molar-refractivity contribution in [3.63, 3.8) is 0 Å². The molecule has 34 heavy (non-hydrogen) atoms. The second kappa shape index (κ2) is 9.83. The van der Waals surface area contributed by atoms with Gasteiger partial charge in [-0.25, -0.2) is 14.5 Å². The fourth-order valence-corrected chi connectivity index (χ4v) is 4.71. The summed E-state index contributed by atoms with van der Waals surface area (Å²) >= 11 is 3.87. The molecule has 1 heterocycles. The van der Waals surface area contributed by atoms with E-state index in [-0.39, 0.29) is 16.2 Å². The number of nitrogens with one attached hydrogen (secondary N) is 1. The van der Waals surface area contributed by atoms with E-state index in [1.807, 2.05) is 0 Å². The van der Waals surface area contributed by atoms with Crippen LogP contribution in [0.2, 0.25) is 5.02 Å². The summed E-state index contributed by atoms with van der Waals surface area (Å²) in [5.41, 5.74) is 0.125. The van der Waals surface area contributed by atoms with Crippen molar-refractivity contribution in [1.29, 1.82) is 0 Å². The van der Waals surface area contributed by atoms with E-state index in [1.54, 1.807) is 77.1 Å². The third kappa shape index (κ3) is 5.15. The molecule has 0 bridgehead atoms. The van der Waals surface area contributed by atoms with E-state index < -0.39 is 40.5 Å². The SMILES string of the molecule is CC(c1nc2cccc(Cl)c2c(=O)n1-c1cccc([C@H](C)NS(=O)[O-])c1)N(C(=O)O)C(C)(C)C. The number of rotatable bonds is 6. The molecule has 2 aromatic carbocycles. The zero-order chi connectivity index (χ0) is 25.4. The van der Waals surface area contributed by atoms with Crippen LogP contribution >= 0.6 is 11.6 Å². The summed E-state index contributed by atoms with van der Waals surface area (Å²) < 4.78 is 25.9. The van der Waals surface area contributed by atoms with Crippen molar-refractivity contribution in [3.05, 3.63) is 69.2 Å². The lowest BCUT2D eigenvalue weighted by Gasteiger charge is -2.38. The molecular weight excluding hydrogens is 480 g/mol. The maximum Gasteiger partial charge on any atom is 0.408 e. The number of carboxylic acid groups (broad SMARTS) is 1. The van der Waals surface area contributed by atoms with Crippen LogP contribution in [0.25, 0.3) is 16.6 Å². The number of fused-ring (bicyclic) bond motifs is 1. The molecule has 1 amide bonds. The first-order chi connectivity index (χ1) is 15.8. The smallest absolute Gasteiger partial charge is 0.408 e. The van der Waals surface area contributed by atoms with Gasteiger partial charge in [0.25, 0.3) is 5.56 Å². The van der Waals surface area contributed by atoms with E-state index in [0.29, 0.717) is 16.8 Å². The Hall–Kier alpha value is -2.79. The van der Waals surface area contributed by atoms with Crippen LogP contribution in [0.5, 0.6) is 0 Å².